The van der Waals surface area contributed by atoms with Gasteiger partial charge in [0.25, 0.3) is 16.6 Å². The van der Waals surface area contributed by atoms with E-state index in [0.717, 1.165) is 0 Å². The fourth-order valence-electron chi connectivity index (χ4n) is 2.01. The number of anilines is 1. The Labute approximate surface area is 183 Å². The van der Waals surface area contributed by atoms with E-state index in [1.54, 1.807) is 25.1 Å². The summed E-state index contributed by atoms with van der Waals surface area (Å²) < 4.78 is 17.4. The summed E-state index contributed by atoms with van der Waals surface area (Å²) in [6.45, 7) is 23.0. The van der Waals surface area contributed by atoms with E-state index in [4.69, 9.17) is 13.6 Å². The van der Waals surface area contributed by atoms with Crippen molar-refractivity contribution in [3.05, 3.63) is 23.8 Å². The Morgan fingerprint density at radius 1 is 0.933 bits per heavy atom. The molecule has 30 heavy (non-hydrogen) atoms. The van der Waals surface area contributed by atoms with E-state index >= 15 is 0 Å². The SMILES string of the molecule is CCOC(=O)Nc1ccc(C(=O)O[Si](C)(C)C(C)(C)C)c(O[Si](C)(C)C(C)(C)C)c1. The van der Waals surface area contributed by atoms with E-state index in [1.807, 2.05) is 13.1 Å². The van der Waals surface area contributed by atoms with Gasteiger partial charge >= 0.3 is 12.1 Å². The van der Waals surface area contributed by atoms with Crippen LogP contribution in [0.25, 0.3) is 0 Å². The van der Waals surface area contributed by atoms with E-state index in [1.165, 1.54) is 0 Å². The van der Waals surface area contributed by atoms with Crippen LogP contribution >= 0.6 is 0 Å². The van der Waals surface area contributed by atoms with Gasteiger partial charge in [0, 0.05) is 11.8 Å². The zero-order valence-corrected chi connectivity index (χ0v) is 22.5. The molecule has 8 heteroatoms. The molecule has 0 saturated heterocycles. The molecule has 6 nitrogen and oxygen atoms in total. The van der Waals surface area contributed by atoms with Crippen LogP contribution in [0.3, 0.4) is 0 Å². The van der Waals surface area contributed by atoms with Crippen LogP contribution in [0.15, 0.2) is 18.2 Å². The van der Waals surface area contributed by atoms with Gasteiger partial charge in [-0.05, 0) is 55.3 Å². The van der Waals surface area contributed by atoms with E-state index in [2.05, 4.69) is 60.0 Å². The van der Waals surface area contributed by atoms with E-state index in [0.29, 0.717) is 17.0 Å². The van der Waals surface area contributed by atoms with Crippen LogP contribution in [-0.4, -0.2) is 35.3 Å². The molecule has 0 unspecified atom stereocenters. The van der Waals surface area contributed by atoms with Crippen LogP contribution < -0.4 is 9.74 Å². The van der Waals surface area contributed by atoms with Crippen LogP contribution in [0, 0.1) is 0 Å². The van der Waals surface area contributed by atoms with Crippen LogP contribution in [0.2, 0.25) is 36.3 Å². The molecule has 0 aliphatic heterocycles. The third kappa shape index (κ3) is 6.60. The Kier molecular flexibility index (Phi) is 7.99. The quantitative estimate of drug-likeness (QED) is 0.479. The summed E-state index contributed by atoms with van der Waals surface area (Å²) in [6.07, 6.45) is -0.549. The summed E-state index contributed by atoms with van der Waals surface area (Å²) in [4.78, 5) is 25.0. The Hall–Kier alpha value is -1.81. The van der Waals surface area contributed by atoms with Crippen LogP contribution in [0.4, 0.5) is 10.5 Å². The maximum absolute atomic E-state index is 13.1. The van der Waals surface area contributed by atoms with Gasteiger partial charge in [0.1, 0.15) is 5.75 Å². The minimum atomic E-state index is -2.30. The number of hydrogen-bond donors (Lipinski definition) is 1. The molecule has 0 fully saturated rings. The Bertz CT molecular complexity index is 777. The highest BCUT2D eigenvalue weighted by molar-refractivity contribution is 6.76. The molecular weight excluding hydrogens is 414 g/mol. The largest absolute Gasteiger partial charge is 0.543 e. The summed E-state index contributed by atoms with van der Waals surface area (Å²) in [7, 11) is -4.54. The van der Waals surface area contributed by atoms with Gasteiger partial charge in [-0.1, -0.05) is 41.5 Å². The second kappa shape index (κ2) is 9.13. The lowest BCUT2D eigenvalue weighted by Crippen LogP contribution is -2.45. The summed E-state index contributed by atoms with van der Waals surface area (Å²) >= 11 is 0. The minimum Gasteiger partial charge on any atom is -0.543 e. The van der Waals surface area contributed by atoms with Crippen molar-refractivity contribution in [2.24, 2.45) is 0 Å². The average Bonchev–Trinajstić information content (AvgIpc) is 2.52. The fourth-order valence-corrected chi connectivity index (χ4v) is 3.91. The zero-order chi connectivity index (χ0) is 23.5. The van der Waals surface area contributed by atoms with Crippen LogP contribution in [0.5, 0.6) is 5.75 Å². The molecule has 1 aromatic carbocycles. The van der Waals surface area contributed by atoms with Crippen molar-refractivity contribution in [1.29, 1.82) is 0 Å². The van der Waals surface area contributed by atoms with E-state index in [-0.39, 0.29) is 16.7 Å². The summed E-state index contributed by atoms with van der Waals surface area (Å²) in [5.41, 5.74) is 0.880. The zero-order valence-electron chi connectivity index (χ0n) is 20.5. The second-order valence-electron chi connectivity index (χ2n) is 10.6. The molecular formula is C22H39NO5Si2. The van der Waals surface area contributed by atoms with Crippen molar-refractivity contribution in [3.8, 4) is 5.75 Å². The van der Waals surface area contributed by atoms with Crippen molar-refractivity contribution in [2.45, 2.75) is 84.7 Å². The number of carbonyl (C=O) groups is 2. The molecule has 1 amide bonds. The lowest BCUT2D eigenvalue weighted by Gasteiger charge is -2.38. The van der Waals surface area contributed by atoms with Crippen LogP contribution in [-0.2, 0) is 9.16 Å². The normalized spacial score (nSPS) is 12.9. The molecule has 0 bridgehead atoms. The van der Waals surface area contributed by atoms with Crippen LogP contribution in [0.1, 0.15) is 58.8 Å². The minimum absolute atomic E-state index is 0.0574. The summed E-state index contributed by atoms with van der Waals surface area (Å²) in [6, 6.07) is 5.00. The first-order valence-electron chi connectivity index (χ1n) is 10.4. The number of benzene rings is 1. The van der Waals surface area contributed by atoms with Crippen molar-refractivity contribution in [1.82, 2.24) is 0 Å². The molecule has 0 saturated carbocycles. The third-order valence-electron chi connectivity index (χ3n) is 6.05. The van der Waals surface area contributed by atoms with Crippen molar-refractivity contribution < 1.29 is 23.2 Å². The maximum Gasteiger partial charge on any atom is 0.411 e. The number of rotatable bonds is 6. The molecule has 0 aromatic heterocycles. The van der Waals surface area contributed by atoms with Gasteiger partial charge in [0.2, 0.25) is 0 Å². The predicted molar refractivity (Wildman–Crippen MR) is 128 cm³/mol. The predicted octanol–water partition coefficient (Wildman–Crippen LogP) is 6.80. The molecule has 0 spiro atoms. The van der Waals surface area contributed by atoms with Gasteiger partial charge < -0.3 is 13.6 Å². The van der Waals surface area contributed by atoms with Gasteiger partial charge in [0.15, 0.2) is 0 Å². The number of nitrogens with one attached hydrogen (secondary N) is 1. The standard InChI is InChI=1S/C22H39NO5Si2/c1-12-26-20(25)23-16-13-14-17(19(24)28-30(10,11)22(5,6)7)18(15-16)27-29(8,9)21(2,3)4/h13-15H,12H2,1-11H3,(H,23,25). The summed E-state index contributed by atoms with van der Waals surface area (Å²) in [5, 5.41) is 2.52. The molecule has 1 N–H and O–H groups in total. The Balaban J connectivity index is 3.36. The molecule has 170 valence electrons. The second-order valence-corrected chi connectivity index (χ2v) is 20.0. The molecule has 0 radical (unpaired) electrons. The molecule has 0 atom stereocenters. The monoisotopic (exact) mass is 453 g/mol. The fraction of sp³-hybridized carbons (Fsp3) is 0.636. The van der Waals surface area contributed by atoms with Gasteiger partial charge in [0.05, 0.1) is 12.2 Å². The molecule has 0 aliphatic carbocycles. The molecule has 1 rings (SSSR count). The lowest BCUT2D eigenvalue weighted by atomic mass is 10.2. The topological polar surface area (TPSA) is 73.9 Å². The molecule has 0 heterocycles. The first-order valence-corrected chi connectivity index (χ1v) is 16.2. The first kappa shape index (κ1) is 26.2. The van der Waals surface area contributed by atoms with Crippen molar-refractivity contribution in [2.75, 3.05) is 11.9 Å². The highest BCUT2D eigenvalue weighted by atomic mass is 28.4. The highest BCUT2D eigenvalue weighted by Gasteiger charge is 2.42. The van der Waals surface area contributed by atoms with E-state index in [9.17, 15) is 9.59 Å². The van der Waals surface area contributed by atoms with Crippen molar-refractivity contribution in [3.63, 3.8) is 0 Å². The van der Waals surface area contributed by atoms with E-state index < -0.39 is 28.7 Å². The smallest absolute Gasteiger partial charge is 0.411 e. The third-order valence-corrected chi connectivity index (χ3v) is 14.7. The van der Waals surface area contributed by atoms with Crippen molar-refractivity contribution >= 4 is 34.4 Å². The average molecular weight is 454 g/mol. The van der Waals surface area contributed by atoms with Gasteiger partial charge in [-0.15, -0.1) is 0 Å². The first-order chi connectivity index (χ1) is 13.4. The lowest BCUT2D eigenvalue weighted by molar-refractivity contribution is 0.0710. The van der Waals surface area contributed by atoms with Gasteiger partial charge in [-0.2, -0.15) is 0 Å². The highest BCUT2D eigenvalue weighted by Crippen LogP contribution is 2.40. The number of amides is 1. The molecule has 1 aromatic rings. The number of hydrogen-bond acceptors (Lipinski definition) is 5. The molecule has 0 aliphatic rings. The number of ether oxygens (including phenoxy) is 1. The maximum atomic E-state index is 13.1. The Morgan fingerprint density at radius 2 is 1.47 bits per heavy atom. The Morgan fingerprint density at radius 3 is 1.93 bits per heavy atom. The van der Waals surface area contributed by atoms with Gasteiger partial charge in [-0.3, -0.25) is 5.32 Å². The number of carbonyl (C=O) groups excluding carboxylic acids is 2. The van der Waals surface area contributed by atoms with Gasteiger partial charge in [-0.25, -0.2) is 9.59 Å². The summed E-state index contributed by atoms with van der Waals surface area (Å²) in [5.74, 6) is 0.0394.